The van der Waals surface area contributed by atoms with E-state index in [1.807, 2.05) is 19.4 Å². The van der Waals surface area contributed by atoms with Crippen LogP contribution in [0.15, 0.2) is 35.2 Å². The molecule has 22 heavy (non-hydrogen) atoms. The summed E-state index contributed by atoms with van der Waals surface area (Å²) in [4.78, 5) is 5.60. The van der Waals surface area contributed by atoms with E-state index in [0.29, 0.717) is 0 Å². The summed E-state index contributed by atoms with van der Waals surface area (Å²) in [5.41, 5.74) is 7.26. The van der Waals surface area contributed by atoms with Crippen molar-refractivity contribution >= 4 is 31.8 Å². The van der Waals surface area contributed by atoms with Crippen molar-refractivity contribution in [2.24, 2.45) is 7.05 Å². The number of fused-ring (bicyclic) bond motifs is 3. The molecule has 0 radical (unpaired) electrons. The van der Waals surface area contributed by atoms with Crippen molar-refractivity contribution in [3.05, 3.63) is 47.5 Å². The smallest absolute Gasteiger partial charge is 0.288 e. The van der Waals surface area contributed by atoms with Crippen LogP contribution in [-0.2, 0) is 7.05 Å². The van der Waals surface area contributed by atoms with Gasteiger partial charge in [0.2, 0.25) is 4.83 Å². The lowest BCUT2D eigenvalue weighted by Gasteiger charge is -2.11. The maximum absolute atomic E-state index is 5.75. The molecule has 0 aliphatic carbocycles. The monoisotopic (exact) mass is 309 g/mol. The Hall–Kier alpha value is -2.20. The van der Waals surface area contributed by atoms with E-state index in [0.717, 1.165) is 20.5 Å². The second-order valence-electron chi connectivity index (χ2n) is 5.85. The van der Waals surface area contributed by atoms with Gasteiger partial charge in [0.15, 0.2) is 11.3 Å². The zero-order valence-corrected chi connectivity index (χ0v) is 13.9. The molecule has 3 aromatic heterocycles. The van der Waals surface area contributed by atoms with E-state index in [2.05, 4.69) is 42.5 Å². The van der Waals surface area contributed by atoms with E-state index < -0.39 is 0 Å². The summed E-state index contributed by atoms with van der Waals surface area (Å²) in [6.07, 6.45) is 3.65. The van der Waals surface area contributed by atoms with Crippen LogP contribution in [0.25, 0.3) is 31.8 Å². The highest BCUT2D eigenvalue weighted by Crippen LogP contribution is 2.38. The highest BCUT2D eigenvalue weighted by molar-refractivity contribution is 7.25. The van der Waals surface area contributed by atoms with Crippen LogP contribution in [0.5, 0.6) is 0 Å². The normalized spacial score (nSPS) is 11.6. The first-order valence-corrected chi connectivity index (χ1v) is 8.10. The molecule has 0 saturated heterocycles. The summed E-state index contributed by atoms with van der Waals surface area (Å²) in [7, 11) is 2.05. The van der Waals surface area contributed by atoms with Crippen molar-refractivity contribution < 1.29 is 8.98 Å². The second-order valence-corrected chi connectivity index (χ2v) is 6.89. The quantitative estimate of drug-likeness (QED) is 0.486. The molecular weight excluding hydrogens is 292 g/mol. The summed E-state index contributed by atoms with van der Waals surface area (Å²) >= 11 is 1.68. The first-order valence-electron chi connectivity index (χ1n) is 7.29. The highest BCUT2D eigenvalue weighted by atomic mass is 32.1. The fourth-order valence-electron chi connectivity index (χ4n) is 3.10. The largest absolute Gasteiger partial charge is 0.462 e. The number of aromatic nitrogens is 2. The minimum Gasteiger partial charge on any atom is -0.462 e. The van der Waals surface area contributed by atoms with Gasteiger partial charge in [-0.25, -0.2) is 4.57 Å². The Morgan fingerprint density at radius 3 is 2.82 bits per heavy atom. The molecule has 0 aliphatic heterocycles. The second kappa shape index (κ2) is 4.65. The summed E-state index contributed by atoms with van der Waals surface area (Å²) < 4.78 is 8.99. The summed E-state index contributed by atoms with van der Waals surface area (Å²) in [5, 5.41) is 1.11. The lowest BCUT2D eigenvalue weighted by Crippen LogP contribution is -2.31. The Morgan fingerprint density at radius 2 is 2.00 bits per heavy atom. The first-order chi connectivity index (χ1) is 10.6. The number of hydrogen-bond donors (Lipinski definition) is 0. The number of hydrogen-bond acceptors (Lipinski definition) is 3. The number of thiophene rings is 1. The molecule has 1 aromatic carbocycles. The van der Waals surface area contributed by atoms with Crippen LogP contribution < -0.4 is 4.57 Å². The molecule has 0 amide bonds. The fraction of sp³-hybridized carbons (Fsp3) is 0.222. The van der Waals surface area contributed by atoms with E-state index in [1.54, 1.807) is 17.6 Å². The molecule has 0 spiro atoms. The Balaban J connectivity index is 2.20. The third-order valence-corrected chi connectivity index (χ3v) is 5.33. The average molecular weight is 309 g/mol. The molecule has 0 N–H and O–H groups in total. The van der Waals surface area contributed by atoms with Gasteiger partial charge in [-0.3, -0.25) is 0 Å². The topological polar surface area (TPSA) is 29.9 Å². The number of rotatable bonds is 1. The van der Waals surface area contributed by atoms with Gasteiger partial charge in [-0.1, -0.05) is 23.0 Å². The van der Waals surface area contributed by atoms with Crippen LogP contribution >= 0.6 is 11.3 Å². The minimum atomic E-state index is 0.942. The first kappa shape index (κ1) is 13.5. The molecule has 3 heterocycles. The van der Waals surface area contributed by atoms with Crippen molar-refractivity contribution in [1.29, 1.82) is 0 Å². The van der Waals surface area contributed by atoms with Gasteiger partial charge in [0.1, 0.15) is 5.39 Å². The van der Waals surface area contributed by atoms with E-state index in [-0.39, 0.29) is 0 Å². The van der Waals surface area contributed by atoms with Crippen LogP contribution in [-0.4, -0.2) is 4.98 Å². The average Bonchev–Trinajstić information content (AvgIpc) is 3.04. The lowest BCUT2D eigenvalue weighted by molar-refractivity contribution is -0.662. The SMILES string of the molecule is Cc1cc(C)c(C)c(-c2c3c(nc[n+]2C)sc2ccoc23)c1. The molecule has 0 saturated carbocycles. The van der Waals surface area contributed by atoms with Gasteiger partial charge in [-0.15, -0.1) is 0 Å². The van der Waals surface area contributed by atoms with Gasteiger partial charge in [0.25, 0.3) is 6.33 Å². The maximum atomic E-state index is 5.75. The number of furan rings is 1. The third kappa shape index (κ3) is 1.80. The third-order valence-electron chi connectivity index (χ3n) is 4.28. The van der Waals surface area contributed by atoms with Gasteiger partial charge in [0, 0.05) is 5.56 Å². The Bertz CT molecular complexity index is 1030. The van der Waals surface area contributed by atoms with Gasteiger partial charge in [-0.05, 0) is 49.0 Å². The molecule has 4 aromatic rings. The van der Waals surface area contributed by atoms with E-state index in [1.165, 1.54) is 27.9 Å². The molecule has 0 bridgehead atoms. The Kier molecular flexibility index (Phi) is 2.84. The van der Waals surface area contributed by atoms with E-state index in [4.69, 9.17) is 4.42 Å². The van der Waals surface area contributed by atoms with Gasteiger partial charge < -0.3 is 4.42 Å². The Labute approximate surface area is 132 Å². The van der Waals surface area contributed by atoms with Crippen LogP contribution in [0.4, 0.5) is 0 Å². The predicted molar refractivity (Wildman–Crippen MR) is 90.2 cm³/mol. The van der Waals surface area contributed by atoms with Crippen molar-refractivity contribution in [3.8, 4) is 11.3 Å². The van der Waals surface area contributed by atoms with E-state index in [9.17, 15) is 0 Å². The van der Waals surface area contributed by atoms with Gasteiger partial charge in [-0.2, -0.15) is 0 Å². The molecule has 0 fully saturated rings. The molecular formula is C18H17N2OS+. The van der Waals surface area contributed by atoms with Crippen molar-refractivity contribution in [1.82, 2.24) is 4.98 Å². The van der Waals surface area contributed by atoms with Crippen LogP contribution in [0.1, 0.15) is 16.7 Å². The van der Waals surface area contributed by atoms with Crippen molar-refractivity contribution in [2.45, 2.75) is 20.8 Å². The van der Waals surface area contributed by atoms with Crippen LogP contribution in [0.2, 0.25) is 0 Å². The van der Waals surface area contributed by atoms with E-state index >= 15 is 0 Å². The summed E-state index contributed by atoms with van der Waals surface area (Å²) in [6, 6.07) is 6.50. The Morgan fingerprint density at radius 1 is 1.18 bits per heavy atom. The molecule has 3 nitrogen and oxygen atoms in total. The fourth-order valence-corrected chi connectivity index (χ4v) is 4.06. The summed E-state index contributed by atoms with van der Waals surface area (Å²) in [5.74, 6) is 0. The lowest BCUT2D eigenvalue weighted by atomic mass is 9.96. The molecule has 0 atom stereocenters. The number of aryl methyl sites for hydroxylation is 3. The molecule has 0 unspecified atom stereocenters. The maximum Gasteiger partial charge on any atom is 0.288 e. The van der Waals surface area contributed by atoms with Gasteiger partial charge >= 0.3 is 0 Å². The summed E-state index contributed by atoms with van der Waals surface area (Å²) in [6.45, 7) is 6.49. The molecule has 4 rings (SSSR count). The predicted octanol–water partition coefficient (Wildman–Crippen LogP) is 4.46. The standard InChI is InChI=1S/C18H17N2OS/c1-10-7-11(2)12(3)13(8-10)16-15-17-14(5-6-21-17)22-18(15)19-9-20(16)4/h5-9H,1-4H3/q+1. The minimum absolute atomic E-state index is 0.942. The van der Waals surface area contributed by atoms with Gasteiger partial charge in [0.05, 0.1) is 18.0 Å². The molecule has 4 heteroatoms. The van der Waals surface area contributed by atoms with Crippen LogP contribution in [0, 0.1) is 20.8 Å². The van der Waals surface area contributed by atoms with Crippen LogP contribution in [0.3, 0.4) is 0 Å². The van der Waals surface area contributed by atoms with Crippen molar-refractivity contribution in [2.75, 3.05) is 0 Å². The molecule has 0 aliphatic rings. The highest BCUT2D eigenvalue weighted by Gasteiger charge is 2.23. The van der Waals surface area contributed by atoms with Crippen molar-refractivity contribution in [3.63, 3.8) is 0 Å². The zero-order chi connectivity index (χ0) is 15.4. The number of benzene rings is 1. The zero-order valence-electron chi connectivity index (χ0n) is 13.1. The molecule has 110 valence electrons. The number of nitrogens with zero attached hydrogens (tertiary/aromatic N) is 2.